The fourth-order valence-corrected chi connectivity index (χ4v) is 4.26. The minimum atomic E-state index is -3.65. The molecule has 1 aromatic rings. The van der Waals surface area contributed by atoms with Crippen molar-refractivity contribution in [1.82, 2.24) is 14.5 Å². The van der Waals surface area contributed by atoms with Gasteiger partial charge in [0.15, 0.2) is 0 Å². The Hall–Kier alpha value is -1.65. The Morgan fingerprint density at radius 3 is 2.71 bits per heavy atom. The lowest BCUT2D eigenvalue weighted by Crippen LogP contribution is -2.44. The van der Waals surface area contributed by atoms with Crippen molar-refractivity contribution in [2.45, 2.75) is 18.8 Å². The van der Waals surface area contributed by atoms with Crippen molar-refractivity contribution >= 4 is 33.4 Å². The number of aliphatic hydroxyl groups excluding tert-OH is 1. The Kier molecular flexibility index (Phi) is 6.19. The maximum absolute atomic E-state index is 12.1. The zero-order chi connectivity index (χ0) is 17.7. The molecule has 8 nitrogen and oxygen atoms in total. The number of aliphatic hydroxyl groups is 1. The van der Waals surface area contributed by atoms with Gasteiger partial charge in [-0.25, -0.2) is 27.2 Å². The van der Waals surface area contributed by atoms with Crippen LogP contribution in [0, 0.1) is 0 Å². The molecule has 1 saturated heterocycles. The van der Waals surface area contributed by atoms with E-state index in [1.54, 1.807) is 11.3 Å². The molecule has 0 bridgehead atoms. The van der Waals surface area contributed by atoms with Gasteiger partial charge in [-0.1, -0.05) is 6.07 Å². The van der Waals surface area contributed by atoms with Crippen LogP contribution in [0.25, 0.3) is 0 Å². The van der Waals surface area contributed by atoms with Crippen molar-refractivity contribution in [2.24, 2.45) is 0 Å². The zero-order valence-electron chi connectivity index (χ0n) is 13.3. The predicted molar refractivity (Wildman–Crippen MR) is 90.4 cm³/mol. The van der Waals surface area contributed by atoms with Crippen molar-refractivity contribution in [3.05, 3.63) is 22.4 Å². The molecule has 0 aromatic carbocycles. The molecule has 0 saturated carbocycles. The number of hydrogen-bond acceptors (Lipinski definition) is 6. The van der Waals surface area contributed by atoms with Crippen LogP contribution in [-0.2, 0) is 10.0 Å². The monoisotopic (exact) mass is 375 g/mol. The number of imide groups is 1. The van der Waals surface area contributed by atoms with Crippen LogP contribution in [0.3, 0.4) is 0 Å². The Bertz CT molecular complexity index is 675. The van der Waals surface area contributed by atoms with Gasteiger partial charge in [-0.15, -0.1) is 11.3 Å². The molecule has 24 heavy (non-hydrogen) atoms. The van der Waals surface area contributed by atoms with Gasteiger partial charge in [0.25, 0.3) is 0 Å². The van der Waals surface area contributed by atoms with Crippen LogP contribution in [0.1, 0.15) is 23.6 Å². The van der Waals surface area contributed by atoms with Gasteiger partial charge in [0, 0.05) is 18.0 Å². The highest BCUT2D eigenvalue weighted by Gasteiger charge is 2.38. The van der Waals surface area contributed by atoms with E-state index in [1.165, 1.54) is 0 Å². The third kappa shape index (κ3) is 4.46. The van der Waals surface area contributed by atoms with Crippen molar-refractivity contribution in [3.8, 4) is 0 Å². The van der Waals surface area contributed by atoms with E-state index in [1.807, 2.05) is 17.5 Å². The number of thiophene rings is 1. The predicted octanol–water partition coefficient (Wildman–Crippen LogP) is 1.01. The number of amides is 4. The van der Waals surface area contributed by atoms with Crippen LogP contribution in [0.5, 0.6) is 0 Å². The summed E-state index contributed by atoms with van der Waals surface area (Å²) in [6.07, 6.45) is 2.17. The number of nitrogens with one attached hydrogen (secondary N) is 1. The molecule has 1 atom stereocenters. The number of carbonyl (C=O) groups excluding carboxylic acids is 2. The topological polar surface area (TPSA) is 107 Å². The van der Waals surface area contributed by atoms with E-state index < -0.39 is 22.1 Å². The molecular weight excluding hydrogens is 354 g/mol. The van der Waals surface area contributed by atoms with E-state index in [0.29, 0.717) is 23.7 Å². The first kappa shape index (κ1) is 18.7. The van der Waals surface area contributed by atoms with E-state index in [0.717, 1.165) is 16.0 Å². The van der Waals surface area contributed by atoms with Crippen LogP contribution >= 0.6 is 11.3 Å². The summed E-state index contributed by atoms with van der Waals surface area (Å²) in [7, 11) is -3.65. The van der Waals surface area contributed by atoms with Crippen LogP contribution in [-0.4, -0.2) is 67.3 Å². The summed E-state index contributed by atoms with van der Waals surface area (Å²) in [5.74, 6) is 0.136. The fraction of sp³-hybridized carbons (Fsp3) is 0.571. The number of carbonyl (C=O) groups is 2. The van der Waals surface area contributed by atoms with E-state index in [4.69, 9.17) is 5.11 Å². The summed E-state index contributed by atoms with van der Waals surface area (Å²) >= 11 is 1.60. The maximum Gasteiger partial charge on any atom is 0.341 e. The third-order valence-corrected chi connectivity index (χ3v) is 5.98. The Labute approximate surface area is 145 Å². The molecule has 2 heterocycles. The summed E-state index contributed by atoms with van der Waals surface area (Å²) in [5, 5.41) is 13.8. The molecule has 0 radical (unpaired) electrons. The minimum absolute atomic E-state index is 0.0204. The normalized spacial score (nSPS) is 16.5. The summed E-state index contributed by atoms with van der Waals surface area (Å²) in [6.45, 7) is 0.421. The average Bonchev–Trinajstić information content (AvgIpc) is 3.14. The Balaban J connectivity index is 1.86. The lowest BCUT2D eigenvalue weighted by Gasteiger charge is -2.18. The highest BCUT2D eigenvalue weighted by Crippen LogP contribution is 2.26. The standard InChI is InChI=1S/C14H21N3O5S2/c1-24(21,22)17-8-7-16(14(17)20)13(19)15-6-4-11(5-9-18)12-3-2-10-23-12/h2-3,10-11,18H,4-9H2,1H3,(H,15,19)/t11-/m0/s1. The number of nitrogens with zero attached hydrogens (tertiary/aromatic N) is 2. The largest absolute Gasteiger partial charge is 0.396 e. The van der Waals surface area contributed by atoms with Gasteiger partial charge in [0.1, 0.15) is 0 Å². The number of rotatable bonds is 7. The zero-order valence-corrected chi connectivity index (χ0v) is 15.0. The maximum atomic E-state index is 12.1. The van der Waals surface area contributed by atoms with Crippen LogP contribution in [0.2, 0.25) is 0 Å². The van der Waals surface area contributed by atoms with Gasteiger partial charge >= 0.3 is 12.1 Å². The molecule has 0 unspecified atom stereocenters. The number of hydrogen-bond donors (Lipinski definition) is 2. The van der Waals surface area contributed by atoms with Crippen LogP contribution in [0.4, 0.5) is 9.59 Å². The summed E-state index contributed by atoms with van der Waals surface area (Å²) in [4.78, 5) is 26.1. The molecular formula is C14H21N3O5S2. The first-order chi connectivity index (χ1) is 11.3. The molecule has 1 fully saturated rings. The first-order valence-electron chi connectivity index (χ1n) is 7.56. The quantitative estimate of drug-likeness (QED) is 0.740. The van der Waals surface area contributed by atoms with E-state index in [9.17, 15) is 18.0 Å². The molecule has 0 spiro atoms. The second-order valence-electron chi connectivity index (χ2n) is 5.51. The van der Waals surface area contributed by atoms with Crippen molar-refractivity contribution < 1.29 is 23.1 Å². The Morgan fingerprint density at radius 2 is 2.17 bits per heavy atom. The average molecular weight is 375 g/mol. The molecule has 2 N–H and O–H groups in total. The van der Waals surface area contributed by atoms with E-state index in [-0.39, 0.29) is 25.6 Å². The third-order valence-electron chi connectivity index (χ3n) is 3.81. The van der Waals surface area contributed by atoms with E-state index in [2.05, 4.69) is 5.32 Å². The summed E-state index contributed by atoms with van der Waals surface area (Å²) in [6, 6.07) is 2.51. The van der Waals surface area contributed by atoms with Crippen molar-refractivity contribution in [2.75, 3.05) is 32.5 Å². The van der Waals surface area contributed by atoms with Gasteiger partial charge in [-0.2, -0.15) is 0 Å². The number of urea groups is 2. The first-order valence-corrected chi connectivity index (χ1v) is 10.3. The van der Waals surface area contributed by atoms with E-state index >= 15 is 0 Å². The molecule has 1 aliphatic rings. The van der Waals surface area contributed by atoms with Crippen molar-refractivity contribution in [3.63, 3.8) is 0 Å². The number of sulfonamides is 1. The fourth-order valence-electron chi connectivity index (χ4n) is 2.57. The molecule has 1 aromatic heterocycles. The molecule has 4 amide bonds. The Morgan fingerprint density at radius 1 is 1.42 bits per heavy atom. The second-order valence-corrected chi connectivity index (χ2v) is 8.40. The molecule has 1 aliphatic heterocycles. The van der Waals surface area contributed by atoms with Gasteiger partial charge in [0.2, 0.25) is 10.0 Å². The summed E-state index contributed by atoms with van der Waals surface area (Å²) < 4.78 is 23.6. The highest BCUT2D eigenvalue weighted by atomic mass is 32.2. The lowest BCUT2D eigenvalue weighted by molar-refractivity contribution is 0.193. The second kappa shape index (κ2) is 7.95. The molecule has 134 valence electrons. The van der Waals surface area contributed by atoms with Crippen LogP contribution < -0.4 is 5.32 Å². The van der Waals surface area contributed by atoms with Gasteiger partial charge in [0.05, 0.1) is 19.3 Å². The molecule has 0 aliphatic carbocycles. The molecule has 10 heteroatoms. The van der Waals surface area contributed by atoms with Gasteiger partial charge in [-0.3, -0.25) is 0 Å². The summed E-state index contributed by atoms with van der Waals surface area (Å²) in [5.41, 5.74) is 0. The van der Waals surface area contributed by atoms with Crippen LogP contribution in [0.15, 0.2) is 17.5 Å². The van der Waals surface area contributed by atoms with Crippen molar-refractivity contribution in [1.29, 1.82) is 0 Å². The van der Waals surface area contributed by atoms with Gasteiger partial charge < -0.3 is 10.4 Å². The highest BCUT2D eigenvalue weighted by molar-refractivity contribution is 7.88. The van der Waals surface area contributed by atoms with Gasteiger partial charge in [-0.05, 0) is 30.2 Å². The minimum Gasteiger partial charge on any atom is -0.396 e. The SMILES string of the molecule is CS(=O)(=O)N1CCN(C(=O)NCC[C@@H](CCO)c2cccs2)C1=O. The smallest absolute Gasteiger partial charge is 0.341 e. The lowest BCUT2D eigenvalue weighted by atomic mass is 10.00. The molecule has 2 rings (SSSR count).